The number of hydrogen-bond acceptors (Lipinski definition) is 3. The minimum atomic E-state index is 0.130. The predicted molar refractivity (Wildman–Crippen MR) is 69.1 cm³/mol. The van der Waals surface area contributed by atoms with Gasteiger partial charge in [0, 0.05) is 17.7 Å². The van der Waals surface area contributed by atoms with Crippen LogP contribution in [0.4, 0.5) is 0 Å². The van der Waals surface area contributed by atoms with Gasteiger partial charge in [-0.3, -0.25) is 4.79 Å². The molecule has 0 atom stereocenters. The van der Waals surface area contributed by atoms with Gasteiger partial charge in [0.15, 0.2) is 0 Å². The molecule has 92 valence electrons. The summed E-state index contributed by atoms with van der Waals surface area (Å²) in [6, 6.07) is 5.60. The monoisotopic (exact) mass is 233 g/mol. The lowest BCUT2D eigenvalue weighted by molar-refractivity contribution is -0.116. The summed E-state index contributed by atoms with van der Waals surface area (Å²) < 4.78 is 5.62. The molecule has 3 nitrogen and oxygen atoms in total. The molecule has 1 aromatic rings. The van der Waals surface area contributed by atoms with E-state index in [2.05, 4.69) is 0 Å². The van der Waals surface area contributed by atoms with Gasteiger partial charge in [0.1, 0.15) is 11.5 Å². The molecule has 0 bridgehead atoms. The molecular weight excluding hydrogens is 214 g/mol. The van der Waals surface area contributed by atoms with Crippen molar-refractivity contribution < 1.29 is 9.53 Å². The summed E-state index contributed by atoms with van der Waals surface area (Å²) in [5, 5.41) is 7.68. The van der Waals surface area contributed by atoms with Crippen molar-refractivity contribution in [1.29, 1.82) is 5.41 Å². The third kappa shape index (κ3) is 4.02. The maximum Gasteiger partial charge on any atom is 0.134 e. The van der Waals surface area contributed by atoms with Crippen LogP contribution in [0.25, 0.3) is 0 Å². The zero-order valence-corrected chi connectivity index (χ0v) is 10.7. The van der Waals surface area contributed by atoms with Crippen LogP contribution >= 0.6 is 0 Å². The predicted octanol–water partition coefficient (Wildman–Crippen LogP) is 2.99. The highest BCUT2D eigenvalue weighted by atomic mass is 16.5. The summed E-state index contributed by atoms with van der Waals surface area (Å²) in [6.07, 6.45) is 1.34. The Labute approximate surface area is 102 Å². The lowest BCUT2D eigenvalue weighted by Crippen LogP contribution is -2.04. The van der Waals surface area contributed by atoms with E-state index in [1.165, 1.54) is 0 Å². The normalized spacial score (nSPS) is 10.1. The third-order valence-electron chi connectivity index (χ3n) is 2.36. The van der Waals surface area contributed by atoms with Crippen molar-refractivity contribution in [1.82, 2.24) is 0 Å². The summed E-state index contributed by atoms with van der Waals surface area (Å²) >= 11 is 0. The van der Waals surface area contributed by atoms with Crippen molar-refractivity contribution in [3.05, 3.63) is 29.3 Å². The van der Waals surface area contributed by atoms with Crippen LogP contribution in [0.1, 0.15) is 38.3 Å². The molecule has 1 N–H and O–H groups in total. The molecule has 0 amide bonds. The van der Waals surface area contributed by atoms with Crippen LogP contribution in [0.3, 0.4) is 0 Å². The van der Waals surface area contributed by atoms with Crippen molar-refractivity contribution in [2.24, 2.45) is 0 Å². The summed E-state index contributed by atoms with van der Waals surface area (Å²) in [5.74, 6) is 0.837. The molecule has 0 aromatic heterocycles. The average Bonchev–Trinajstić information content (AvgIpc) is 2.25. The van der Waals surface area contributed by atoms with E-state index in [1.807, 2.05) is 25.1 Å². The first-order chi connectivity index (χ1) is 8.04. The fourth-order valence-corrected chi connectivity index (χ4v) is 1.61. The summed E-state index contributed by atoms with van der Waals surface area (Å²) in [6.45, 7) is 5.97. The van der Waals surface area contributed by atoms with Gasteiger partial charge in [-0.2, -0.15) is 0 Å². The Hall–Kier alpha value is -1.64. The van der Waals surface area contributed by atoms with Crippen LogP contribution in [-0.4, -0.2) is 18.1 Å². The first-order valence-electron chi connectivity index (χ1n) is 5.85. The summed E-state index contributed by atoms with van der Waals surface area (Å²) in [4.78, 5) is 11.1. The Morgan fingerprint density at radius 2 is 2.06 bits per heavy atom. The van der Waals surface area contributed by atoms with Gasteiger partial charge in [0.05, 0.1) is 6.61 Å². The maximum atomic E-state index is 11.1. The van der Waals surface area contributed by atoms with E-state index < -0.39 is 0 Å². The number of benzene rings is 1. The van der Waals surface area contributed by atoms with Gasteiger partial charge in [0.2, 0.25) is 0 Å². The fourth-order valence-electron chi connectivity index (χ4n) is 1.61. The van der Waals surface area contributed by atoms with Gasteiger partial charge in [-0.15, -0.1) is 0 Å². The summed E-state index contributed by atoms with van der Waals surface area (Å²) in [5.41, 5.74) is 2.21. The molecule has 0 radical (unpaired) electrons. The van der Waals surface area contributed by atoms with Crippen LogP contribution in [0.15, 0.2) is 18.2 Å². The van der Waals surface area contributed by atoms with Gasteiger partial charge in [0.25, 0.3) is 0 Å². The van der Waals surface area contributed by atoms with Crippen LogP contribution in [0, 0.1) is 5.41 Å². The third-order valence-corrected chi connectivity index (χ3v) is 2.36. The number of Topliss-reactive ketones (excluding diaryl/α,β-unsaturated/α-hetero) is 1. The van der Waals surface area contributed by atoms with Crippen LogP contribution in [0.2, 0.25) is 0 Å². The Balaban J connectivity index is 3.00. The van der Waals surface area contributed by atoms with Crippen LogP contribution in [-0.2, 0) is 11.2 Å². The molecule has 0 aliphatic rings. The van der Waals surface area contributed by atoms with Crippen LogP contribution < -0.4 is 4.74 Å². The first kappa shape index (κ1) is 13.4. The van der Waals surface area contributed by atoms with E-state index >= 15 is 0 Å². The molecule has 0 spiro atoms. The number of ether oxygens (including phenoxy) is 1. The van der Waals surface area contributed by atoms with Gasteiger partial charge >= 0.3 is 0 Å². The fraction of sp³-hybridized carbons (Fsp3) is 0.429. The van der Waals surface area contributed by atoms with Crippen molar-refractivity contribution in [2.45, 2.75) is 33.6 Å². The number of rotatable bonds is 6. The molecule has 0 aliphatic heterocycles. The minimum Gasteiger partial charge on any atom is -0.493 e. The number of ketones is 1. The standard InChI is InChI=1S/C14H19NO2/c1-4-7-17-14-9-12(8-10(2)16)5-6-13(14)11(3)15/h5-6,9,15H,4,7-8H2,1-3H3. The van der Waals surface area contributed by atoms with E-state index in [4.69, 9.17) is 10.1 Å². The molecule has 1 aromatic carbocycles. The van der Waals surface area contributed by atoms with Crippen molar-refractivity contribution in [2.75, 3.05) is 6.61 Å². The second-order valence-corrected chi connectivity index (χ2v) is 4.18. The lowest BCUT2D eigenvalue weighted by Gasteiger charge is -2.11. The Morgan fingerprint density at radius 3 is 2.59 bits per heavy atom. The minimum absolute atomic E-state index is 0.130. The van der Waals surface area contributed by atoms with Gasteiger partial charge in [-0.25, -0.2) is 0 Å². The topological polar surface area (TPSA) is 50.2 Å². The molecule has 0 unspecified atom stereocenters. The second-order valence-electron chi connectivity index (χ2n) is 4.18. The van der Waals surface area contributed by atoms with E-state index in [1.54, 1.807) is 13.8 Å². The Bertz CT molecular complexity index is 424. The second kappa shape index (κ2) is 6.18. The highest BCUT2D eigenvalue weighted by Gasteiger charge is 2.08. The quantitative estimate of drug-likeness (QED) is 0.768. The van der Waals surface area contributed by atoms with E-state index in [9.17, 15) is 4.79 Å². The van der Waals surface area contributed by atoms with E-state index in [0.29, 0.717) is 24.5 Å². The number of carbonyl (C=O) groups is 1. The van der Waals surface area contributed by atoms with Gasteiger partial charge in [-0.05, 0) is 38.0 Å². The largest absolute Gasteiger partial charge is 0.493 e. The maximum absolute atomic E-state index is 11.1. The molecule has 0 fully saturated rings. The molecule has 17 heavy (non-hydrogen) atoms. The van der Waals surface area contributed by atoms with Crippen molar-refractivity contribution in [3.8, 4) is 5.75 Å². The van der Waals surface area contributed by atoms with E-state index in [0.717, 1.165) is 17.5 Å². The van der Waals surface area contributed by atoms with E-state index in [-0.39, 0.29) is 5.78 Å². The molecule has 0 saturated heterocycles. The highest BCUT2D eigenvalue weighted by molar-refractivity contribution is 5.99. The molecule has 0 aliphatic carbocycles. The summed E-state index contributed by atoms with van der Waals surface area (Å²) in [7, 11) is 0. The number of carbonyl (C=O) groups excluding carboxylic acids is 1. The zero-order valence-electron chi connectivity index (χ0n) is 10.7. The lowest BCUT2D eigenvalue weighted by atomic mass is 10.0. The average molecular weight is 233 g/mol. The van der Waals surface area contributed by atoms with Gasteiger partial charge < -0.3 is 10.1 Å². The van der Waals surface area contributed by atoms with Gasteiger partial charge in [-0.1, -0.05) is 13.0 Å². The Kier molecular flexibility index (Phi) is 4.88. The van der Waals surface area contributed by atoms with Crippen molar-refractivity contribution >= 4 is 11.5 Å². The zero-order chi connectivity index (χ0) is 12.8. The molecule has 0 heterocycles. The smallest absolute Gasteiger partial charge is 0.134 e. The SMILES string of the molecule is CCCOc1cc(CC(C)=O)ccc1C(C)=N. The highest BCUT2D eigenvalue weighted by Crippen LogP contribution is 2.22. The Morgan fingerprint density at radius 1 is 1.35 bits per heavy atom. The molecule has 1 rings (SSSR count). The molecule has 3 heteroatoms. The number of nitrogens with one attached hydrogen (secondary N) is 1. The molecular formula is C14H19NO2. The van der Waals surface area contributed by atoms with Crippen molar-refractivity contribution in [3.63, 3.8) is 0 Å². The number of hydrogen-bond donors (Lipinski definition) is 1. The molecule has 0 saturated carbocycles. The first-order valence-corrected chi connectivity index (χ1v) is 5.85. The van der Waals surface area contributed by atoms with Crippen LogP contribution in [0.5, 0.6) is 5.75 Å².